The molecule has 0 aliphatic heterocycles. The number of hydrogen-bond acceptors (Lipinski definition) is 3. The molecule has 1 heterocycles. The van der Waals surface area contributed by atoms with Gasteiger partial charge in [-0.15, -0.1) is 11.3 Å². The SMILES string of the molecule is CCN(C1CC1)C(CN)c1cc(C)sc1C. The van der Waals surface area contributed by atoms with Crippen molar-refractivity contribution in [1.82, 2.24) is 4.90 Å². The van der Waals surface area contributed by atoms with Gasteiger partial charge in [-0.1, -0.05) is 6.92 Å². The Kier molecular flexibility index (Phi) is 3.67. The first kappa shape index (κ1) is 12.1. The van der Waals surface area contributed by atoms with Gasteiger partial charge in [0.1, 0.15) is 0 Å². The lowest BCUT2D eigenvalue weighted by atomic mass is 10.1. The average molecular weight is 238 g/mol. The molecule has 0 aromatic carbocycles. The van der Waals surface area contributed by atoms with E-state index in [1.165, 1.54) is 28.2 Å². The summed E-state index contributed by atoms with van der Waals surface area (Å²) < 4.78 is 0. The van der Waals surface area contributed by atoms with Crippen molar-refractivity contribution in [3.8, 4) is 0 Å². The van der Waals surface area contributed by atoms with E-state index >= 15 is 0 Å². The van der Waals surface area contributed by atoms with Crippen LogP contribution >= 0.6 is 11.3 Å². The number of thiophene rings is 1. The molecule has 1 atom stereocenters. The van der Waals surface area contributed by atoms with E-state index in [9.17, 15) is 0 Å². The summed E-state index contributed by atoms with van der Waals surface area (Å²) in [6, 6.07) is 3.54. The van der Waals surface area contributed by atoms with Crippen LogP contribution in [-0.2, 0) is 0 Å². The first-order valence-electron chi connectivity index (χ1n) is 6.20. The molecule has 1 unspecified atom stereocenters. The molecule has 0 saturated heterocycles. The zero-order valence-corrected chi connectivity index (χ0v) is 11.3. The quantitative estimate of drug-likeness (QED) is 0.854. The van der Waals surface area contributed by atoms with Crippen molar-refractivity contribution in [1.29, 1.82) is 0 Å². The smallest absolute Gasteiger partial charge is 0.0484 e. The lowest BCUT2D eigenvalue weighted by Crippen LogP contribution is -2.35. The van der Waals surface area contributed by atoms with Crippen LogP contribution in [0.4, 0.5) is 0 Å². The van der Waals surface area contributed by atoms with Crippen molar-refractivity contribution < 1.29 is 0 Å². The molecule has 1 aliphatic carbocycles. The summed E-state index contributed by atoms with van der Waals surface area (Å²) in [6.07, 6.45) is 2.71. The molecule has 2 nitrogen and oxygen atoms in total. The Bertz CT molecular complexity index is 355. The Labute approximate surface area is 102 Å². The van der Waals surface area contributed by atoms with E-state index in [1.54, 1.807) is 0 Å². The van der Waals surface area contributed by atoms with Crippen LogP contribution in [0.5, 0.6) is 0 Å². The highest BCUT2D eigenvalue weighted by Gasteiger charge is 2.33. The Morgan fingerprint density at radius 2 is 2.19 bits per heavy atom. The molecule has 1 saturated carbocycles. The molecule has 1 aliphatic rings. The zero-order valence-electron chi connectivity index (χ0n) is 10.5. The van der Waals surface area contributed by atoms with Crippen LogP contribution in [0, 0.1) is 13.8 Å². The molecule has 3 heteroatoms. The minimum absolute atomic E-state index is 0.433. The molecular weight excluding hydrogens is 216 g/mol. The van der Waals surface area contributed by atoms with E-state index in [2.05, 4.69) is 31.7 Å². The predicted molar refractivity (Wildman–Crippen MR) is 71.0 cm³/mol. The maximum absolute atomic E-state index is 5.99. The number of hydrogen-bond donors (Lipinski definition) is 1. The Balaban J connectivity index is 2.23. The van der Waals surface area contributed by atoms with E-state index in [1.807, 2.05) is 11.3 Å². The molecule has 1 aromatic heterocycles. The second kappa shape index (κ2) is 4.86. The lowest BCUT2D eigenvalue weighted by Gasteiger charge is -2.30. The zero-order chi connectivity index (χ0) is 11.7. The van der Waals surface area contributed by atoms with Gasteiger partial charge in [-0.3, -0.25) is 4.90 Å². The van der Waals surface area contributed by atoms with Gasteiger partial charge in [0.05, 0.1) is 0 Å². The molecule has 1 fully saturated rings. The molecule has 0 amide bonds. The number of nitrogens with zero attached hydrogens (tertiary/aromatic N) is 1. The third kappa shape index (κ3) is 2.31. The van der Waals surface area contributed by atoms with E-state index in [4.69, 9.17) is 5.73 Å². The van der Waals surface area contributed by atoms with Crippen molar-refractivity contribution >= 4 is 11.3 Å². The standard InChI is InChI=1S/C13H22N2S/c1-4-15(11-5-6-11)13(8-14)12-7-9(2)16-10(12)3/h7,11,13H,4-6,8,14H2,1-3H3. The van der Waals surface area contributed by atoms with Crippen molar-refractivity contribution in [2.24, 2.45) is 5.73 Å². The molecular formula is C13H22N2S. The number of aryl methyl sites for hydroxylation is 2. The van der Waals surface area contributed by atoms with E-state index in [0.717, 1.165) is 19.1 Å². The second-order valence-corrected chi connectivity index (χ2v) is 6.14. The van der Waals surface area contributed by atoms with Gasteiger partial charge in [0.25, 0.3) is 0 Å². The summed E-state index contributed by atoms with van der Waals surface area (Å²) in [5.41, 5.74) is 7.45. The fraction of sp³-hybridized carbons (Fsp3) is 0.692. The molecule has 90 valence electrons. The van der Waals surface area contributed by atoms with Gasteiger partial charge in [0, 0.05) is 28.4 Å². The third-order valence-corrected chi connectivity index (χ3v) is 4.42. The predicted octanol–water partition coefficient (Wildman–Crippen LogP) is 2.85. The Hall–Kier alpha value is -0.380. The van der Waals surface area contributed by atoms with Crippen LogP contribution in [-0.4, -0.2) is 24.0 Å². The second-order valence-electron chi connectivity index (χ2n) is 4.68. The molecule has 0 bridgehead atoms. The van der Waals surface area contributed by atoms with Gasteiger partial charge >= 0.3 is 0 Å². The average Bonchev–Trinajstić information content (AvgIpc) is 3.02. The van der Waals surface area contributed by atoms with Crippen molar-refractivity contribution in [2.45, 2.75) is 45.7 Å². The minimum Gasteiger partial charge on any atom is -0.329 e. The molecule has 1 aromatic rings. The topological polar surface area (TPSA) is 29.3 Å². The van der Waals surface area contributed by atoms with Crippen LogP contribution < -0.4 is 5.73 Å². The van der Waals surface area contributed by atoms with E-state index < -0.39 is 0 Å². The minimum atomic E-state index is 0.433. The Morgan fingerprint density at radius 3 is 2.56 bits per heavy atom. The van der Waals surface area contributed by atoms with Gasteiger partial charge in [0.2, 0.25) is 0 Å². The molecule has 0 spiro atoms. The maximum atomic E-state index is 5.99. The Morgan fingerprint density at radius 1 is 1.50 bits per heavy atom. The highest BCUT2D eigenvalue weighted by molar-refractivity contribution is 7.12. The fourth-order valence-electron chi connectivity index (χ4n) is 2.56. The summed E-state index contributed by atoms with van der Waals surface area (Å²) in [5, 5.41) is 0. The van der Waals surface area contributed by atoms with Gasteiger partial charge in [0.15, 0.2) is 0 Å². The first-order valence-corrected chi connectivity index (χ1v) is 7.01. The number of likely N-dealkylation sites (N-methyl/N-ethyl adjacent to an activating group) is 1. The summed E-state index contributed by atoms with van der Waals surface area (Å²) in [7, 11) is 0. The highest BCUT2D eigenvalue weighted by Crippen LogP contribution is 2.36. The molecule has 2 rings (SSSR count). The number of rotatable bonds is 5. The van der Waals surface area contributed by atoms with Gasteiger partial charge in [-0.25, -0.2) is 0 Å². The van der Waals surface area contributed by atoms with Crippen LogP contribution in [0.1, 0.15) is 41.1 Å². The van der Waals surface area contributed by atoms with Crippen LogP contribution in [0.25, 0.3) is 0 Å². The molecule has 0 radical (unpaired) electrons. The normalized spacial score (nSPS) is 18.1. The van der Waals surface area contributed by atoms with Crippen molar-refractivity contribution in [3.63, 3.8) is 0 Å². The monoisotopic (exact) mass is 238 g/mol. The van der Waals surface area contributed by atoms with Gasteiger partial charge in [-0.2, -0.15) is 0 Å². The van der Waals surface area contributed by atoms with Crippen molar-refractivity contribution in [3.05, 3.63) is 21.4 Å². The lowest BCUT2D eigenvalue weighted by molar-refractivity contribution is 0.202. The first-order chi connectivity index (χ1) is 7.67. The van der Waals surface area contributed by atoms with Crippen LogP contribution in [0.3, 0.4) is 0 Å². The summed E-state index contributed by atoms with van der Waals surface area (Å²) in [4.78, 5) is 5.42. The molecule has 2 N–H and O–H groups in total. The summed E-state index contributed by atoms with van der Waals surface area (Å²) in [5.74, 6) is 0. The van der Waals surface area contributed by atoms with Gasteiger partial charge in [-0.05, 0) is 44.9 Å². The highest BCUT2D eigenvalue weighted by atomic mass is 32.1. The van der Waals surface area contributed by atoms with E-state index in [-0.39, 0.29) is 0 Å². The van der Waals surface area contributed by atoms with Crippen molar-refractivity contribution in [2.75, 3.05) is 13.1 Å². The van der Waals surface area contributed by atoms with Crippen LogP contribution in [0.2, 0.25) is 0 Å². The van der Waals surface area contributed by atoms with E-state index in [0.29, 0.717) is 6.04 Å². The summed E-state index contributed by atoms with van der Waals surface area (Å²) in [6.45, 7) is 8.50. The van der Waals surface area contributed by atoms with Gasteiger partial charge < -0.3 is 5.73 Å². The molecule has 16 heavy (non-hydrogen) atoms. The van der Waals surface area contributed by atoms with Crippen LogP contribution in [0.15, 0.2) is 6.07 Å². The summed E-state index contributed by atoms with van der Waals surface area (Å²) >= 11 is 1.89. The third-order valence-electron chi connectivity index (χ3n) is 3.44. The number of nitrogens with two attached hydrogens (primary N) is 1. The largest absolute Gasteiger partial charge is 0.329 e. The fourth-order valence-corrected chi connectivity index (χ4v) is 3.54. The maximum Gasteiger partial charge on any atom is 0.0484 e.